The fourth-order valence-electron chi connectivity index (χ4n) is 5.97. The lowest BCUT2D eigenvalue weighted by molar-refractivity contribution is 0.202. The molecule has 298 valence electrons. The van der Waals surface area contributed by atoms with Crippen molar-refractivity contribution >= 4 is 56.4 Å². The number of hydrogen-bond acceptors (Lipinski definition) is 12. The van der Waals surface area contributed by atoms with E-state index in [2.05, 4.69) is 36.2 Å². The molecular weight excluding hydrogens is 789 g/mol. The van der Waals surface area contributed by atoms with E-state index in [-0.39, 0.29) is 0 Å². The van der Waals surface area contributed by atoms with E-state index in [0.29, 0.717) is 28.9 Å². The Labute approximate surface area is 333 Å². The van der Waals surface area contributed by atoms with Crippen molar-refractivity contribution in [1.29, 1.82) is 0 Å². The minimum Gasteiger partial charge on any atom is -0.457 e. The van der Waals surface area contributed by atoms with E-state index in [1.165, 1.54) is 50.7 Å². The Hall–Kier alpha value is -3.56. The van der Waals surface area contributed by atoms with E-state index in [1.54, 1.807) is 48.5 Å². The first-order valence-corrected chi connectivity index (χ1v) is 21.4. The van der Waals surface area contributed by atoms with Gasteiger partial charge in [0, 0.05) is 36.8 Å². The first kappa shape index (κ1) is 42.6. The van der Waals surface area contributed by atoms with Gasteiger partial charge in [-0.15, -0.1) is 0 Å². The molecule has 14 nitrogen and oxygen atoms in total. The van der Waals surface area contributed by atoms with Crippen molar-refractivity contribution in [2.75, 3.05) is 48.9 Å². The van der Waals surface area contributed by atoms with Gasteiger partial charge in [-0.1, -0.05) is 24.3 Å². The van der Waals surface area contributed by atoms with Crippen LogP contribution in [0.25, 0.3) is 0 Å². The van der Waals surface area contributed by atoms with Crippen molar-refractivity contribution in [3.8, 4) is 23.0 Å². The number of ether oxygens (including phenoxy) is 2. The molecule has 18 heteroatoms. The first-order chi connectivity index (χ1) is 26.6. The maximum atomic E-state index is 12.0. The number of nitrogens with zero attached hydrogens (tertiary/aromatic N) is 3. The van der Waals surface area contributed by atoms with Crippen molar-refractivity contribution < 1.29 is 43.0 Å². The molecule has 2 aliphatic heterocycles. The Morgan fingerprint density at radius 1 is 0.600 bits per heavy atom. The van der Waals surface area contributed by atoms with Crippen LogP contribution in [0.15, 0.2) is 84.9 Å². The summed E-state index contributed by atoms with van der Waals surface area (Å²) in [6.07, 6.45) is 1.85. The molecule has 2 heterocycles. The van der Waals surface area contributed by atoms with Gasteiger partial charge in [0.25, 0.3) is 45.1 Å². The lowest BCUT2D eigenvalue weighted by Gasteiger charge is -2.32. The Morgan fingerprint density at radius 3 is 1.47 bits per heavy atom. The van der Waals surface area contributed by atoms with E-state index in [4.69, 9.17) is 26.2 Å². The zero-order valence-corrected chi connectivity index (χ0v) is 34.7. The smallest absolute Gasteiger partial charge is 0.278 e. The van der Waals surface area contributed by atoms with Gasteiger partial charge in [-0.05, 0) is 105 Å². The second-order valence-electron chi connectivity index (χ2n) is 12.3. The quantitative estimate of drug-likeness (QED) is 0.153. The van der Waals surface area contributed by atoms with Crippen molar-refractivity contribution in [2.24, 2.45) is 0 Å². The van der Waals surface area contributed by atoms with Crippen molar-refractivity contribution in [3.63, 3.8) is 0 Å². The second-order valence-corrected chi connectivity index (χ2v) is 17.3. The number of fused-ring (bicyclic) bond motifs is 2. The highest BCUT2D eigenvalue weighted by Gasteiger charge is 2.24. The van der Waals surface area contributed by atoms with Crippen LogP contribution in [0.3, 0.4) is 0 Å². The molecule has 0 amide bonds. The Bertz CT molecular complexity index is 1950. The molecule has 6 rings (SSSR count). The summed E-state index contributed by atoms with van der Waals surface area (Å²) in [6.45, 7) is 8.11. The normalized spacial score (nSPS) is 16.1. The van der Waals surface area contributed by atoms with Crippen LogP contribution in [-0.2, 0) is 87.7 Å². The predicted octanol–water partition coefficient (Wildman–Crippen LogP) is 5.88. The summed E-state index contributed by atoms with van der Waals surface area (Å²) in [4.78, 5) is 2.45. The Kier molecular flexibility index (Phi) is 15.9. The highest BCUT2D eigenvalue weighted by atomic mass is 32.3. The van der Waals surface area contributed by atoms with E-state index < -0.39 is 45.1 Å². The third-order valence-corrected chi connectivity index (χ3v) is 13.3. The number of benzene rings is 4. The lowest BCUT2D eigenvalue weighted by atomic mass is 9.98. The van der Waals surface area contributed by atoms with E-state index in [0.717, 1.165) is 57.9 Å². The van der Waals surface area contributed by atoms with Crippen LogP contribution >= 0.6 is 0 Å². The summed E-state index contributed by atoms with van der Waals surface area (Å²) >= 11 is -7.74. The van der Waals surface area contributed by atoms with Gasteiger partial charge in [0.15, 0.2) is 0 Å². The molecule has 0 aromatic heterocycles. The van der Waals surface area contributed by atoms with E-state index >= 15 is 0 Å². The highest BCUT2D eigenvalue weighted by Crippen LogP contribution is 2.34. The molecule has 0 saturated carbocycles. The Balaban J connectivity index is 0.000000212. The molecule has 4 unspecified atom stereocenters. The third-order valence-electron chi connectivity index (χ3n) is 8.74. The zero-order valence-electron chi connectivity index (χ0n) is 31.5. The van der Waals surface area contributed by atoms with Gasteiger partial charge >= 0.3 is 0 Å². The molecular formula is C37H46N4O10S4. The molecule has 2 aliphatic rings. The maximum absolute atomic E-state index is 12.0. The average molecular weight is 835 g/mol. The monoisotopic (exact) mass is 834 g/mol. The molecule has 4 aromatic rings. The zero-order chi connectivity index (χ0) is 39.5. The van der Waals surface area contributed by atoms with Crippen LogP contribution in [0.1, 0.15) is 36.1 Å². The van der Waals surface area contributed by atoms with Crippen LogP contribution in [0.5, 0.6) is 23.0 Å². The van der Waals surface area contributed by atoms with Crippen molar-refractivity contribution in [2.45, 2.75) is 45.8 Å². The maximum Gasteiger partial charge on any atom is 0.278 e. The molecule has 0 bridgehead atoms. The van der Waals surface area contributed by atoms with Gasteiger partial charge in [-0.2, -0.15) is 7.42 Å². The third kappa shape index (κ3) is 10.9. The van der Waals surface area contributed by atoms with E-state index in [1.807, 2.05) is 24.3 Å². The summed E-state index contributed by atoms with van der Waals surface area (Å²) in [5.41, 5.74) is 5.82. The minimum absolute atomic E-state index is 0.428. The van der Waals surface area contributed by atoms with Gasteiger partial charge in [-0.25, -0.2) is 16.8 Å². The van der Waals surface area contributed by atoms with Crippen LogP contribution in [0.2, 0.25) is 0 Å². The molecule has 0 fully saturated rings. The SMILES string of the molecule is COS(=O)N(c1ccc(Oc2cccc3c2CCN(C(C)C)C3)cc1)S(=O)OC.COS(=O)N(c1ccc(Oc2cccc3c2CCNC3)cc1)S(=O)OC. The minimum atomic E-state index is -1.94. The highest BCUT2D eigenvalue weighted by molar-refractivity contribution is 8.00. The van der Waals surface area contributed by atoms with E-state index in [9.17, 15) is 16.8 Å². The number of anilines is 2. The van der Waals surface area contributed by atoms with Gasteiger partial charge in [0.2, 0.25) is 0 Å². The average Bonchev–Trinajstić information content (AvgIpc) is 3.22. The summed E-state index contributed by atoms with van der Waals surface area (Å²) in [5.74, 6) is 2.94. The summed E-state index contributed by atoms with van der Waals surface area (Å²) in [6, 6.07) is 26.2. The first-order valence-electron chi connectivity index (χ1n) is 17.3. The number of hydrogen-bond donors (Lipinski definition) is 1. The summed E-state index contributed by atoms with van der Waals surface area (Å²) in [5, 5.41) is 3.34. The topological polar surface area (TPSA) is 145 Å². The molecule has 4 atom stereocenters. The van der Waals surface area contributed by atoms with Crippen LogP contribution in [-0.4, -0.2) is 69.3 Å². The molecule has 0 aliphatic carbocycles. The van der Waals surface area contributed by atoms with Crippen LogP contribution < -0.4 is 22.2 Å². The fourth-order valence-corrected chi connectivity index (χ4v) is 9.21. The van der Waals surface area contributed by atoms with Crippen LogP contribution in [0.4, 0.5) is 11.4 Å². The second kappa shape index (κ2) is 20.6. The molecule has 0 spiro atoms. The predicted molar refractivity (Wildman–Crippen MR) is 216 cm³/mol. The summed E-state index contributed by atoms with van der Waals surface area (Å²) in [7, 11) is 5.07. The largest absolute Gasteiger partial charge is 0.457 e. The number of nitrogens with one attached hydrogen (secondary N) is 1. The van der Waals surface area contributed by atoms with Crippen LogP contribution in [0, 0.1) is 0 Å². The Morgan fingerprint density at radius 2 is 1.04 bits per heavy atom. The molecule has 4 aromatic carbocycles. The van der Waals surface area contributed by atoms with Gasteiger partial charge < -0.3 is 14.8 Å². The van der Waals surface area contributed by atoms with Gasteiger partial charge in [-0.3, -0.25) is 21.6 Å². The molecule has 0 saturated heterocycles. The van der Waals surface area contributed by atoms with Gasteiger partial charge in [0.1, 0.15) is 23.0 Å². The lowest BCUT2D eigenvalue weighted by Crippen LogP contribution is -2.35. The fraction of sp³-hybridized carbons (Fsp3) is 0.351. The van der Waals surface area contributed by atoms with Crippen molar-refractivity contribution in [3.05, 3.63) is 107 Å². The molecule has 0 radical (unpaired) electrons. The standard InChI is InChI=1S/C20H26N2O5S2.C17H20N2O5S2/c1-15(2)21-13-12-19-16(14-21)6-5-7-20(19)27-18-10-8-17(9-11-18)22(28(23)25-3)29(24)26-4;1-22-25(20)19(26(21)23-2)14-6-8-15(9-7-14)24-17-5-3-4-13-12-18-11-10-16(13)17/h5-11,15H,12-14H2,1-4H3;3-9,18H,10-12H2,1-2H3. The number of rotatable bonds is 15. The molecule has 1 N–H and O–H groups in total. The van der Waals surface area contributed by atoms with Crippen molar-refractivity contribution in [1.82, 2.24) is 10.2 Å². The summed E-state index contributed by atoms with van der Waals surface area (Å²) < 4.78 is 81.3. The molecule has 55 heavy (non-hydrogen) atoms. The van der Waals surface area contributed by atoms with Gasteiger partial charge in [0.05, 0.1) is 39.8 Å².